The zero-order valence-corrected chi connectivity index (χ0v) is 36.7. The van der Waals surface area contributed by atoms with E-state index in [-0.39, 0.29) is 16.0 Å². The first kappa shape index (κ1) is 44.8. The molecule has 2 saturated heterocycles. The van der Waals surface area contributed by atoms with Crippen LogP contribution in [0.25, 0.3) is 11.0 Å². The van der Waals surface area contributed by atoms with Gasteiger partial charge in [-0.2, -0.15) is 0 Å². The molecule has 2 fully saturated rings. The maximum absolute atomic E-state index is 12.9. The molecule has 6 aromatic rings. The third-order valence-corrected chi connectivity index (χ3v) is 11.6. The number of aromatic amines is 1. The van der Waals surface area contributed by atoms with Crippen molar-refractivity contribution in [2.24, 2.45) is 0 Å². The van der Waals surface area contributed by atoms with Gasteiger partial charge in [-0.25, -0.2) is 9.97 Å². The molecule has 4 aromatic heterocycles. The molecule has 2 aliphatic rings. The van der Waals surface area contributed by atoms with E-state index in [9.17, 15) is 4.79 Å². The van der Waals surface area contributed by atoms with E-state index in [1.165, 1.54) is 80.2 Å². The van der Waals surface area contributed by atoms with Crippen molar-refractivity contribution >= 4 is 40.0 Å². The minimum atomic E-state index is -0.274. The lowest BCUT2D eigenvalue weighted by atomic mass is 9.88. The highest BCUT2D eigenvalue weighted by atomic mass is 35.5. The quantitative estimate of drug-likeness (QED) is 0.0665. The summed E-state index contributed by atoms with van der Waals surface area (Å²) in [5, 5.41) is 4.59. The zero-order valence-electron chi connectivity index (χ0n) is 35.2. The third-order valence-electron chi connectivity index (χ3n) is 11.0. The van der Waals surface area contributed by atoms with Crippen molar-refractivity contribution in [3.05, 3.63) is 142 Å². The molecule has 2 aromatic carbocycles. The molecule has 0 amide bonds. The summed E-state index contributed by atoms with van der Waals surface area (Å²) in [7, 11) is 0. The van der Waals surface area contributed by atoms with Crippen LogP contribution in [0.2, 0.25) is 10.2 Å². The number of aromatic nitrogens is 5. The number of carbonyl (C=O) groups is 1. The number of carbonyl (C=O) groups excluding carboxylic acids is 1. The Bertz CT molecular complexity index is 2210. The highest BCUT2D eigenvalue weighted by molar-refractivity contribution is 6.38. The number of hydrogen-bond acceptors (Lipinski definition) is 9. The van der Waals surface area contributed by atoms with Gasteiger partial charge >= 0.3 is 0 Å². The Hall–Kier alpha value is -4.71. The molecule has 0 radical (unpaired) electrons. The number of nitrogens with zero attached hydrogens (tertiary/aromatic N) is 5. The summed E-state index contributed by atoms with van der Waals surface area (Å²) in [6.07, 6.45) is 16.9. The smallest absolute Gasteiger partial charge is 0.196 e. The number of aryl methyl sites for hydroxylation is 2. The van der Waals surface area contributed by atoms with Crippen LogP contribution in [-0.4, -0.2) is 67.9 Å². The van der Waals surface area contributed by atoms with Crippen LogP contribution in [-0.2, 0) is 4.74 Å². The second kappa shape index (κ2) is 22.8. The first-order chi connectivity index (χ1) is 29.4. The van der Waals surface area contributed by atoms with Gasteiger partial charge in [-0.05, 0) is 126 Å². The van der Waals surface area contributed by atoms with E-state index in [1.807, 2.05) is 68.7 Å². The van der Waals surface area contributed by atoms with E-state index in [1.54, 1.807) is 24.4 Å². The van der Waals surface area contributed by atoms with Crippen LogP contribution in [0.5, 0.6) is 11.5 Å². The molecular weight excluding hydrogens is 793 g/mol. The number of fused-ring (bicyclic) bond motifs is 1. The largest absolute Gasteiger partial charge is 0.457 e. The molecule has 0 saturated carbocycles. The number of H-pyrrole nitrogens is 1. The van der Waals surface area contributed by atoms with E-state index >= 15 is 0 Å². The average molecular weight is 851 g/mol. The van der Waals surface area contributed by atoms with Crippen LogP contribution in [0.4, 0.5) is 0 Å². The van der Waals surface area contributed by atoms with Crippen molar-refractivity contribution in [1.29, 1.82) is 0 Å². The molecule has 8 rings (SSSR count). The number of benzene rings is 2. The molecule has 2 aliphatic heterocycles. The third kappa shape index (κ3) is 11.6. The predicted octanol–water partition coefficient (Wildman–Crippen LogP) is 11.6. The van der Waals surface area contributed by atoms with Crippen LogP contribution in [0.1, 0.15) is 116 Å². The molecule has 0 bridgehead atoms. The Kier molecular flexibility index (Phi) is 17.0. The zero-order chi connectivity index (χ0) is 42.3. The van der Waals surface area contributed by atoms with Gasteiger partial charge in [0.1, 0.15) is 28.6 Å². The lowest BCUT2D eigenvalue weighted by Crippen LogP contribution is -2.39. The maximum atomic E-state index is 12.9. The summed E-state index contributed by atoms with van der Waals surface area (Å²) >= 11 is 12.4. The molecule has 0 aliphatic carbocycles. The summed E-state index contributed by atoms with van der Waals surface area (Å²) < 4.78 is 11.6. The van der Waals surface area contributed by atoms with E-state index in [0.29, 0.717) is 51.8 Å². The predicted molar refractivity (Wildman–Crippen MR) is 241 cm³/mol. The van der Waals surface area contributed by atoms with Crippen LogP contribution in [0.15, 0.2) is 97.7 Å². The fraction of sp³-hybridized carbons (Fsp3) is 0.396. The molecule has 60 heavy (non-hydrogen) atoms. The van der Waals surface area contributed by atoms with Crippen LogP contribution < -0.4 is 10.1 Å². The monoisotopic (exact) mass is 849 g/mol. The summed E-state index contributed by atoms with van der Waals surface area (Å²) in [4.78, 5) is 36.2. The summed E-state index contributed by atoms with van der Waals surface area (Å²) in [5.41, 5.74) is 6.30. The van der Waals surface area contributed by atoms with Gasteiger partial charge in [0, 0.05) is 43.4 Å². The topological polar surface area (TPSA) is 118 Å². The molecule has 3 unspecified atom stereocenters. The van der Waals surface area contributed by atoms with Gasteiger partial charge in [-0.3, -0.25) is 19.7 Å². The van der Waals surface area contributed by atoms with E-state index < -0.39 is 0 Å². The van der Waals surface area contributed by atoms with Gasteiger partial charge in [0.15, 0.2) is 5.78 Å². The lowest BCUT2D eigenvalue weighted by molar-refractivity contribution is 0.0169. The van der Waals surface area contributed by atoms with Crippen molar-refractivity contribution < 1.29 is 14.3 Å². The summed E-state index contributed by atoms with van der Waals surface area (Å²) in [6.45, 7) is 12.5. The number of piperidine rings is 1. The van der Waals surface area contributed by atoms with Gasteiger partial charge < -0.3 is 19.8 Å². The van der Waals surface area contributed by atoms with Crippen LogP contribution >= 0.6 is 23.2 Å². The van der Waals surface area contributed by atoms with E-state index in [2.05, 4.69) is 51.1 Å². The number of nitrogens with one attached hydrogen (secondary N) is 2. The minimum Gasteiger partial charge on any atom is -0.457 e. The maximum Gasteiger partial charge on any atom is 0.196 e. The van der Waals surface area contributed by atoms with Crippen molar-refractivity contribution in [1.82, 2.24) is 35.1 Å². The number of likely N-dealkylation sites (tertiary alicyclic amines) is 1. The second-order valence-corrected chi connectivity index (χ2v) is 15.8. The van der Waals surface area contributed by atoms with Crippen molar-refractivity contribution in [2.45, 2.75) is 97.2 Å². The molecule has 3 atom stereocenters. The first-order valence-corrected chi connectivity index (χ1v) is 22.1. The molecule has 0 spiro atoms. The van der Waals surface area contributed by atoms with E-state index in [4.69, 9.17) is 42.6 Å². The molecule has 2 N–H and O–H groups in total. The summed E-state index contributed by atoms with van der Waals surface area (Å²) in [5.74, 6) is 0.949. The molecular formula is C48H57Cl2N7O3. The van der Waals surface area contributed by atoms with E-state index in [0.717, 1.165) is 26.2 Å². The van der Waals surface area contributed by atoms with Gasteiger partial charge in [0.05, 0.1) is 45.5 Å². The number of halogens is 2. The number of rotatable bonds is 13. The Labute approximate surface area is 364 Å². The second-order valence-electron chi connectivity index (χ2n) is 15.0. The van der Waals surface area contributed by atoms with Crippen LogP contribution in [0, 0.1) is 13.8 Å². The Morgan fingerprint density at radius 3 is 2.18 bits per heavy atom. The van der Waals surface area contributed by atoms with Gasteiger partial charge in [-0.1, -0.05) is 67.4 Å². The average Bonchev–Trinajstić information content (AvgIpc) is 3.73. The Morgan fingerprint density at radius 2 is 1.53 bits per heavy atom. The van der Waals surface area contributed by atoms with Crippen molar-refractivity contribution in [3.63, 3.8) is 0 Å². The first-order valence-electron chi connectivity index (χ1n) is 21.3. The fourth-order valence-corrected chi connectivity index (χ4v) is 8.53. The standard InChI is InChI=1S/C27H40N4O.C19H11Cl2N3O2.C2H6/c1-21-10-8-16-29-26(21)24-13-7-14-25(27-22(2)11-9-17-30-27)31(24)18-5-4-15-28-20-23-12-3-6-19-32-23;20-15-8-12(26-11-4-2-1-3-5-11)6-7-13(15)17(25)14-9-22-19-16(14)18(21)23-10-24-19;1-2/h8-11,16-17,23-25,28H,3-7,12-15,18-20H2,1-2H3;1-10H,(H,22,23,24);1-2H3. The summed E-state index contributed by atoms with van der Waals surface area (Å²) in [6, 6.07) is 23.5. The van der Waals surface area contributed by atoms with Gasteiger partial charge in [0.2, 0.25) is 0 Å². The number of ketones is 1. The van der Waals surface area contributed by atoms with Crippen LogP contribution in [0.3, 0.4) is 0 Å². The highest BCUT2D eigenvalue weighted by Crippen LogP contribution is 2.42. The SMILES string of the molecule is CC.Cc1cccnc1C1CCCC(c2ncccc2C)N1CCCCNCC1CCCCO1.O=C(c1ccc(Oc2ccccc2)cc1Cl)c1c[nH]c2ncnc(Cl)c12. The Morgan fingerprint density at radius 1 is 0.817 bits per heavy atom. The number of unbranched alkanes of at least 4 members (excludes halogenated alkanes) is 1. The molecule has 316 valence electrons. The Balaban J connectivity index is 0.000000197. The number of ether oxygens (including phenoxy) is 2. The number of para-hydroxylation sites is 1. The normalized spacial score (nSPS) is 17.9. The van der Waals surface area contributed by atoms with Gasteiger partial charge in [-0.15, -0.1) is 0 Å². The lowest BCUT2D eigenvalue weighted by Gasteiger charge is -2.42. The number of pyridine rings is 2. The molecule has 12 heteroatoms. The minimum absolute atomic E-state index is 0.208. The van der Waals surface area contributed by atoms with Gasteiger partial charge in [0.25, 0.3) is 0 Å². The molecule has 10 nitrogen and oxygen atoms in total. The number of hydrogen-bond donors (Lipinski definition) is 2. The van der Waals surface area contributed by atoms with Crippen molar-refractivity contribution in [3.8, 4) is 11.5 Å². The fourth-order valence-electron chi connectivity index (χ4n) is 8.04. The van der Waals surface area contributed by atoms with Crippen molar-refractivity contribution in [2.75, 3.05) is 26.2 Å². The molecule has 6 heterocycles. The highest BCUT2D eigenvalue weighted by Gasteiger charge is 2.35.